The largest absolute Gasteiger partial charge is 0.378 e. The maximum atomic E-state index is 14.2. The molecule has 2 saturated heterocycles. The minimum absolute atomic E-state index is 0.0893. The van der Waals surface area contributed by atoms with E-state index >= 15 is 0 Å². The summed E-state index contributed by atoms with van der Waals surface area (Å²) in [6.45, 7) is 3.51. The smallest absolute Gasteiger partial charge is 0.296 e. The SMILES string of the molecule is FC(F)c1nc2ccccc2n1-c1cc(C2NC2CC2CC(NCCc3ccccc3)C2)nc(N2CCOCC2)n1. The van der Waals surface area contributed by atoms with Gasteiger partial charge < -0.3 is 20.3 Å². The molecule has 0 amide bonds. The highest BCUT2D eigenvalue weighted by Gasteiger charge is 2.43. The van der Waals surface area contributed by atoms with Gasteiger partial charge in [-0.15, -0.1) is 0 Å². The standard InChI is InChI=1S/C31H35F2N7O/c32-29(33)30-36-23-8-4-5-9-26(23)40(30)27-19-25(37-31(38-27)39-12-14-41-15-13-39)28-24(35-28)18-21-16-22(17-21)34-11-10-20-6-2-1-3-7-20/h1-9,19,21-22,24,28-29,34-35H,10-18H2. The van der Waals surface area contributed by atoms with Crippen LogP contribution >= 0.6 is 0 Å². The fourth-order valence-electron chi connectivity index (χ4n) is 6.24. The van der Waals surface area contributed by atoms with E-state index in [1.807, 2.05) is 24.3 Å². The number of hydrogen-bond acceptors (Lipinski definition) is 7. The zero-order valence-electron chi connectivity index (χ0n) is 22.9. The van der Waals surface area contributed by atoms with E-state index in [4.69, 9.17) is 14.7 Å². The van der Waals surface area contributed by atoms with Gasteiger partial charge in [-0.3, -0.25) is 4.57 Å². The van der Waals surface area contributed by atoms with Gasteiger partial charge in [0.2, 0.25) is 5.95 Å². The third-order valence-corrected chi connectivity index (χ3v) is 8.54. The number of morpholine rings is 1. The summed E-state index contributed by atoms with van der Waals surface area (Å²) in [5, 5.41) is 7.32. The van der Waals surface area contributed by atoms with Crippen LogP contribution in [-0.4, -0.2) is 64.5 Å². The number of fused-ring (bicyclic) bond motifs is 1. The number of alkyl halides is 2. The van der Waals surface area contributed by atoms with Crippen molar-refractivity contribution in [2.75, 3.05) is 37.7 Å². The van der Waals surface area contributed by atoms with Gasteiger partial charge in [0.1, 0.15) is 5.82 Å². The first kappa shape index (κ1) is 26.4. The molecular weight excluding hydrogens is 524 g/mol. The molecule has 4 aromatic rings. The van der Waals surface area contributed by atoms with Crippen LogP contribution in [0.15, 0.2) is 60.7 Å². The van der Waals surface area contributed by atoms with Gasteiger partial charge in [0.25, 0.3) is 6.43 Å². The zero-order valence-corrected chi connectivity index (χ0v) is 22.9. The van der Waals surface area contributed by atoms with Crippen molar-refractivity contribution < 1.29 is 13.5 Å². The number of nitrogens with zero attached hydrogens (tertiary/aromatic N) is 5. The highest BCUT2D eigenvalue weighted by molar-refractivity contribution is 5.78. The summed E-state index contributed by atoms with van der Waals surface area (Å²) in [6.07, 6.45) is 1.78. The van der Waals surface area contributed by atoms with Crippen molar-refractivity contribution in [3.63, 3.8) is 0 Å². The van der Waals surface area contributed by atoms with Crippen LogP contribution in [0.2, 0.25) is 0 Å². The Morgan fingerprint density at radius 3 is 2.56 bits per heavy atom. The maximum absolute atomic E-state index is 14.2. The Hall–Kier alpha value is -3.47. The fraction of sp³-hybridized carbons (Fsp3) is 0.452. The summed E-state index contributed by atoms with van der Waals surface area (Å²) < 4.78 is 35.3. The summed E-state index contributed by atoms with van der Waals surface area (Å²) in [4.78, 5) is 16.0. The van der Waals surface area contributed by atoms with Gasteiger partial charge in [0.05, 0.1) is 36.0 Å². The topological polar surface area (TPSA) is 90.0 Å². The Kier molecular flexibility index (Phi) is 7.37. The van der Waals surface area contributed by atoms with Crippen LogP contribution in [0.3, 0.4) is 0 Å². The second kappa shape index (κ2) is 11.4. The first-order chi connectivity index (χ1) is 20.1. The summed E-state index contributed by atoms with van der Waals surface area (Å²) >= 11 is 0. The molecule has 4 heterocycles. The Morgan fingerprint density at radius 2 is 1.76 bits per heavy atom. The van der Waals surface area contributed by atoms with Crippen LogP contribution in [0.4, 0.5) is 14.7 Å². The third-order valence-electron chi connectivity index (χ3n) is 8.54. The van der Waals surface area contributed by atoms with Crippen molar-refractivity contribution in [1.29, 1.82) is 0 Å². The number of hydrogen-bond donors (Lipinski definition) is 2. The van der Waals surface area contributed by atoms with Crippen molar-refractivity contribution in [3.8, 4) is 5.82 Å². The molecule has 2 aromatic heterocycles. The highest BCUT2D eigenvalue weighted by Crippen LogP contribution is 2.40. The summed E-state index contributed by atoms with van der Waals surface area (Å²) in [5.41, 5.74) is 3.35. The monoisotopic (exact) mass is 559 g/mol. The van der Waals surface area contributed by atoms with Crippen molar-refractivity contribution in [1.82, 2.24) is 30.2 Å². The minimum Gasteiger partial charge on any atom is -0.378 e. The molecule has 10 heteroatoms. The lowest BCUT2D eigenvalue weighted by molar-refractivity contribution is 0.122. The van der Waals surface area contributed by atoms with E-state index < -0.39 is 6.43 Å². The number of para-hydroxylation sites is 2. The molecule has 2 atom stereocenters. The number of ether oxygens (including phenoxy) is 1. The molecule has 2 aliphatic heterocycles. The number of imidazole rings is 1. The summed E-state index contributed by atoms with van der Waals surface area (Å²) in [5.74, 6) is 1.36. The summed E-state index contributed by atoms with van der Waals surface area (Å²) in [6, 6.07) is 20.7. The zero-order chi connectivity index (χ0) is 27.8. The Balaban J connectivity index is 1.06. The van der Waals surface area contributed by atoms with Crippen LogP contribution < -0.4 is 15.5 Å². The van der Waals surface area contributed by atoms with Crippen molar-refractivity contribution in [2.24, 2.45) is 5.92 Å². The van der Waals surface area contributed by atoms with Crippen LogP contribution in [0, 0.1) is 5.92 Å². The first-order valence-electron chi connectivity index (χ1n) is 14.6. The molecule has 2 unspecified atom stereocenters. The predicted octanol–water partition coefficient (Wildman–Crippen LogP) is 4.60. The summed E-state index contributed by atoms with van der Waals surface area (Å²) in [7, 11) is 0. The molecule has 2 aromatic carbocycles. The molecule has 1 saturated carbocycles. The lowest BCUT2D eigenvalue weighted by atomic mass is 9.77. The molecule has 7 rings (SSSR count). The molecule has 3 fully saturated rings. The fourth-order valence-corrected chi connectivity index (χ4v) is 6.24. The quantitative estimate of drug-likeness (QED) is 0.275. The van der Waals surface area contributed by atoms with Gasteiger partial charge in [-0.2, -0.15) is 4.98 Å². The average molecular weight is 560 g/mol. The van der Waals surface area contributed by atoms with Gasteiger partial charge in [-0.05, 0) is 55.8 Å². The molecule has 0 radical (unpaired) electrons. The number of halogens is 2. The van der Waals surface area contributed by atoms with E-state index in [0.29, 0.717) is 67.1 Å². The predicted molar refractivity (Wildman–Crippen MR) is 154 cm³/mol. The lowest BCUT2D eigenvalue weighted by Crippen LogP contribution is -2.42. The number of aromatic nitrogens is 4. The van der Waals surface area contributed by atoms with Gasteiger partial charge in [0, 0.05) is 31.2 Å². The van der Waals surface area contributed by atoms with Gasteiger partial charge in [-0.1, -0.05) is 42.5 Å². The van der Waals surface area contributed by atoms with Crippen LogP contribution in [-0.2, 0) is 11.2 Å². The van der Waals surface area contributed by atoms with Crippen molar-refractivity contribution >= 4 is 17.0 Å². The second-order valence-corrected chi connectivity index (χ2v) is 11.4. The molecule has 2 N–H and O–H groups in total. The van der Waals surface area contributed by atoms with E-state index in [1.54, 1.807) is 6.07 Å². The second-order valence-electron chi connectivity index (χ2n) is 11.4. The van der Waals surface area contributed by atoms with E-state index in [0.717, 1.165) is 25.1 Å². The molecule has 214 valence electrons. The van der Waals surface area contributed by atoms with Crippen LogP contribution in [0.5, 0.6) is 0 Å². The number of nitrogens with one attached hydrogen (secondary N) is 2. The molecule has 0 bridgehead atoms. The molecule has 41 heavy (non-hydrogen) atoms. The van der Waals surface area contributed by atoms with Crippen molar-refractivity contribution in [2.45, 2.75) is 50.2 Å². The normalized spacial score (nSPS) is 24.1. The Labute approximate surface area is 238 Å². The Bertz CT molecular complexity index is 1480. The number of anilines is 1. The van der Waals surface area contributed by atoms with E-state index in [-0.39, 0.29) is 11.9 Å². The van der Waals surface area contributed by atoms with E-state index in [9.17, 15) is 8.78 Å². The minimum atomic E-state index is -2.73. The molecule has 0 spiro atoms. The lowest BCUT2D eigenvalue weighted by Gasteiger charge is -2.36. The van der Waals surface area contributed by atoms with Crippen LogP contribution in [0.1, 0.15) is 48.8 Å². The van der Waals surface area contributed by atoms with Gasteiger partial charge in [0.15, 0.2) is 5.82 Å². The number of rotatable bonds is 10. The van der Waals surface area contributed by atoms with E-state index in [1.165, 1.54) is 23.0 Å². The molecule has 3 aliphatic rings. The van der Waals surface area contributed by atoms with E-state index in [2.05, 4.69) is 50.8 Å². The Morgan fingerprint density at radius 1 is 0.976 bits per heavy atom. The number of benzene rings is 2. The van der Waals surface area contributed by atoms with Gasteiger partial charge >= 0.3 is 0 Å². The highest BCUT2D eigenvalue weighted by atomic mass is 19.3. The first-order valence-corrected chi connectivity index (χ1v) is 14.6. The third kappa shape index (κ3) is 5.68. The van der Waals surface area contributed by atoms with Crippen LogP contribution in [0.25, 0.3) is 16.9 Å². The molecule has 1 aliphatic carbocycles. The van der Waals surface area contributed by atoms with Crippen molar-refractivity contribution in [3.05, 3.63) is 77.7 Å². The average Bonchev–Trinajstić information content (AvgIpc) is 3.65. The maximum Gasteiger partial charge on any atom is 0.296 e. The van der Waals surface area contributed by atoms with Gasteiger partial charge in [-0.25, -0.2) is 18.7 Å². The molecule has 8 nitrogen and oxygen atoms in total. The molecular formula is C31H35F2N7O.